The van der Waals surface area contributed by atoms with Crippen LogP contribution < -0.4 is 14.8 Å². The van der Waals surface area contributed by atoms with Crippen LogP contribution in [0.4, 0.5) is 0 Å². The predicted octanol–water partition coefficient (Wildman–Crippen LogP) is 1.78. The Hall–Kier alpha value is -1.22. The fourth-order valence-corrected chi connectivity index (χ4v) is 2.43. The van der Waals surface area contributed by atoms with Gasteiger partial charge in [0.2, 0.25) is 0 Å². The molecule has 0 aromatic heterocycles. The molecule has 16 heavy (non-hydrogen) atoms. The maximum absolute atomic E-state index is 5.46. The van der Waals surface area contributed by atoms with Gasteiger partial charge in [-0.1, -0.05) is 6.07 Å². The molecule has 3 heteroatoms. The van der Waals surface area contributed by atoms with Gasteiger partial charge in [0.1, 0.15) is 0 Å². The minimum atomic E-state index is 0.589. The summed E-state index contributed by atoms with van der Waals surface area (Å²) in [5, 5.41) is 3.34. The second kappa shape index (κ2) is 4.74. The van der Waals surface area contributed by atoms with Crippen LogP contribution in [0.3, 0.4) is 0 Å². The zero-order valence-corrected chi connectivity index (χ0v) is 10.2. The minimum absolute atomic E-state index is 0.589. The lowest BCUT2D eigenvalue weighted by atomic mass is 9.87. The average Bonchev–Trinajstić information content (AvgIpc) is 2.36. The van der Waals surface area contributed by atoms with Gasteiger partial charge >= 0.3 is 0 Å². The Morgan fingerprint density at radius 2 is 2.06 bits per heavy atom. The number of likely N-dealkylation sites (N-methyl/N-ethyl adjacent to an activating group) is 1. The van der Waals surface area contributed by atoms with Crippen LogP contribution in [0.1, 0.15) is 17.5 Å². The van der Waals surface area contributed by atoms with E-state index in [4.69, 9.17) is 9.47 Å². The third-order valence-electron chi connectivity index (χ3n) is 3.36. The van der Waals surface area contributed by atoms with E-state index in [9.17, 15) is 0 Å². The van der Waals surface area contributed by atoms with Crippen molar-refractivity contribution in [3.63, 3.8) is 0 Å². The lowest BCUT2D eigenvalue weighted by molar-refractivity contribution is 0.347. The van der Waals surface area contributed by atoms with Crippen LogP contribution in [0.5, 0.6) is 11.5 Å². The minimum Gasteiger partial charge on any atom is -0.493 e. The first-order valence-electron chi connectivity index (χ1n) is 5.70. The molecule has 0 saturated heterocycles. The highest BCUT2D eigenvalue weighted by Crippen LogP contribution is 2.37. The molecule has 0 saturated carbocycles. The lowest BCUT2D eigenvalue weighted by Crippen LogP contribution is -2.31. The van der Waals surface area contributed by atoms with Crippen molar-refractivity contribution in [2.24, 2.45) is 0 Å². The Bertz CT molecular complexity index is 376. The molecule has 0 amide bonds. The third kappa shape index (κ3) is 1.87. The molecule has 2 rings (SSSR count). The van der Waals surface area contributed by atoms with E-state index >= 15 is 0 Å². The van der Waals surface area contributed by atoms with Crippen LogP contribution in [0, 0.1) is 0 Å². The van der Waals surface area contributed by atoms with Crippen molar-refractivity contribution in [2.45, 2.75) is 25.3 Å². The summed E-state index contributed by atoms with van der Waals surface area (Å²) in [6.45, 7) is 0. The summed E-state index contributed by atoms with van der Waals surface area (Å²) < 4.78 is 10.8. The Kier molecular flexibility index (Phi) is 3.34. The number of benzene rings is 1. The number of hydrogen-bond acceptors (Lipinski definition) is 3. The molecule has 0 heterocycles. The van der Waals surface area contributed by atoms with E-state index in [1.54, 1.807) is 14.2 Å². The first-order valence-corrected chi connectivity index (χ1v) is 5.70. The molecule has 1 N–H and O–H groups in total. The fourth-order valence-electron chi connectivity index (χ4n) is 2.43. The largest absolute Gasteiger partial charge is 0.493 e. The zero-order valence-electron chi connectivity index (χ0n) is 10.2. The predicted molar refractivity (Wildman–Crippen MR) is 64.4 cm³/mol. The van der Waals surface area contributed by atoms with E-state index in [0.29, 0.717) is 6.04 Å². The second-order valence-electron chi connectivity index (χ2n) is 4.17. The molecule has 0 unspecified atom stereocenters. The first-order chi connectivity index (χ1) is 7.80. The first kappa shape index (κ1) is 11.3. The van der Waals surface area contributed by atoms with Gasteiger partial charge in [0.25, 0.3) is 0 Å². The van der Waals surface area contributed by atoms with Gasteiger partial charge in [-0.05, 0) is 37.9 Å². The molecule has 0 aliphatic heterocycles. The van der Waals surface area contributed by atoms with Crippen molar-refractivity contribution >= 4 is 0 Å². The van der Waals surface area contributed by atoms with Gasteiger partial charge < -0.3 is 14.8 Å². The molecular formula is C13H19NO2. The molecule has 3 nitrogen and oxygen atoms in total. The summed E-state index contributed by atoms with van der Waals surface area (Å²) in [5.41, 5.74) is 2.69. The smallest absolute Gasteiger partial charge is 0.164 e. The van der Waals surface area contributed by atoms with Crippen molar-refractivity contribution in [3.05, 3.63) is 23.3 Å². The molecule has 0 fully saturated rings. The molecule has 1 aromatic carbocycles. The van der Waals surface area contributed by atoms with Crippen molar-refractivity contribution in [2.75, 3.05) is 21.3 Å². The van der Waals surface area contributed by atoms with Gasteiger partial charge in [-0.25, -0.2) is 0 Å². The topological polar surface area (TPSA) is 30.5 Å². The van der Waals surface area contributed by atoms with Gasteiger partial charge in [0, 0.05) is 11.6 Å². The number of methoxy groups -OCH3 is 2. The molecule has 0 radical (unpaired) electrons. The van der Waals surface area contributed by atoms with Crippen molar-refractivity contribution in [1.29, 1.82) is 0 Å². The van der Waals surface area contributed by atoms with E-state index in [0.717, 1.165) is 30.8 Å². The van der Waals surface area contributed by atoms with Gasteiger partial charge in [0.05, 0.1) is 14.2 Å². The highest BCUT2D eigenvalue weighted by Gasteiger charge is 2.22. The number of ether oxygens (including phenoxy) is 2. The summed E-state index contributed by atoms with van der Waals surface area (Å²) in [5.74, 6) is 1.75. The molecule has 1 aromatic rings. The van der Waals surface area contributed by atoms with Gasteiger partial charge in [-0.15, -0.1) is 0 Å². The third-order valence-corrected chi connectivity index (χ3v) is 3.36. The number of nitrogens with one attached hydrogen (secondary N) is 1. The fraction of sp³-hybridized carbons (Fsp3) is 0.538. The van der Waals surface area contributed by atoms with Crippen LogP contribution in [-0.2, 0) is 12.8 Å². The van der Waals surface area contributed by atoms with Crippen molar-refractivity contribution < 1.29 is 9.47 Å². The summed E-state index contributed by atoms with van der Waals surface area (Å²) in [6.07, 6.45) is 3.29. The van der Waals surface area contributed by atoms with Gasteiger partial charge in [-0.2, -0.15) is 0 Å². The van der Waals surface area contributed by atoms with Crippen LogP contribution in [-0.4, -0.2) is 27.3 Å². The molecule has 1 atom stereocenters. The number of rotatable bonds is 3. The second-order valence-corrected chi connectivity index (χ2v) is 4.17. The van der Waals surface area contributed by atoms with Crippen molar-refractivity contribution in [3.8, 4) is 11.5 Å². The SMILES string of the molecule is CN[C@H]1CCc2c(ccc(OC)c2OC)C1. The van der Waals surface area contributed by atoms with Crippen LogP contribution in [0.15, 0.2) is 12.1 Å². The van der Waals surface area contributed by atoms with E-state index < -0.39 is 0 Å². The summed E-state index contributed by atoms with van der Waals surface area (Å²) in [7, 11) is 5.42. The van der Waals surface area contributed by atoms with Gasteiger partial charge in [-0.3, -0.25) is 0 Å². The summed E-state index contributed by atoms with van der Waals surface area (Å²) >= 11 is 0. The highest BCUT2D eigenvalue weighted by atomic mass is 16.5. The van der Waals surface area contributed by atoms with Crippen LogP contribution in [0.2, 0.25) is 0 Å². The maximum atomic E-state index is 5.46. The Morgan fingerprint density at radius 1 is 1.25 bits per heavy atom. The quantitative estimate of drug-likeness (QED) is 0.844. The Morgan fingerprint density at radius 3 is 2.69 bits per heavy atom. The maximum Gasteiger partial charge on any atom is 0.164 e. The van der Waals surface area contributed by atoms with E-state index in [-0.39, 0.29) is 0 Å². The molecule has 1 aliphatic carbocycles. The standard InChI is InChI=1S/C13H19NO2/c1-14-10-5-6-11-9(8-10)4-7-12(15-2)13(11)16-3/h4,7,10,14H,5-6,8H2,1-3H3/t10-/m0/s1. The Labute approximate surface area is 96.8 Å². The van der Waals surface area contributed by atoms with E-state index in [1.807, 2.05) is 13.1 Å². The molecular weight excluding hydrogens is 202 g/mol. The van der Waals surface area contributed by atoms with Crippen LogP contribution >= 0.6 is 0 Å². The molecule has 0 bridgehead atoms. The number of fused-ring (bicyclic) bond motifs is 1. The summed E-state index contributed by atoms with van der Waals surface area (Å²) in [6, 6.07) is 4.74. The Balaban J connectivity index is 2.38. The molecule has 1 aliphatic rings. The monoisotopic (exact) mass is 221 g/mol. The van der Waals surface area contributed by atoms with E-state index in [1.165, 1.54) is 11.1 Å². The highest BCUT2D eigenvalue weighted by molar-refractivity contribution is 5.52. The zero-order chi connectivity index (χ0) is 11.5. The number of hydrogen-bond donors (Lipinski definition) is 1. The molecule has 88 valence electrons. The van der Waals surface area contributed by atoms with E-state index in [2.05, 4.69) is 11.4 Å². The van der Waals surface area contributed by atoms with Crippen LogP contribution in [0.25, 0.3) is 0 Å². The van der Waals surface area contributed by atoms with Crippen molar-refractivity contribution in [1.82, 2.24) is 5.32 Å². The van der Waals surface area contributed by atoms with Gasteiger partial charge in [0.15, 0.2) is 11.5 Å². The average molecular weight is 221 g/mol. The normalized spacial score (nSPS) is 19.1. The summed E-state index contributed by atoms with van der Waals surface area (Å²) in [4.78, 5) is 0. The lowest BCUT2D eigenvalue weighted by Gasteiger charge is -2.26. The molecule has 0 spiro atoms.